The molecule has 2 heterocycles. The van der Waals surface area contributed by atoms with E-state index in [0.29, 0.717) is 11.1 Å². The van der Waals surface area contributed by atoms with Crippen molar-refractivity contribution in [2.45, 2.75) is 12.3 Å². The second kappa shape index (κ2) is 4.87. The average Bonchev–Trinajstić information content (AvgIpc) is 2.50. The number of amides is 1. The minimum Gasteiger partial charge on any atom is -0.508 e. The summed E-state index contributed by atoms with van der Waals surface area (Å²) in [6.07, 6.45) is 0.0872. The summed E-state index contributed by atoms with van der Waals surface area (Å²) >= 11 is 0. The second-order valence-corrected chi connectivity index (χ2v) is 5.37. The first kappa shape index (κ1) is 14.1. The monoisotopic (exact) mass is 301 g/mol. The molecular formula is C15H15N3O4. The molecule has 7 heteroatoms. The zero-order chi connectivity index (χ0) is 16.0. The van der Waals surface area contributed by atoms with Crippen molar-refractivity contribution in [3.63, 3.8) is 0 Å². The van der Waals surface area contributed by atoms with Gasteiger partial charge in [0, 0.05) is 26.4 Å². The van der Waals surface area contributed by atoms with E-state index >= 15 is 0 Å². The molecule has 0 saturated heterocycles. The third kappa shape index (κ3) is 2.02. The summed E-state index contributed by atoms with van der Waals surface area (Å²) < 4.78 is 2.27. The summed E-state index contributed by atoms with van der Waals surface area (Å²) in [7, 11) is 2.91. The van der Waals surface area contributed by atoms with Gasteiger partial charge in [0.25, 0.3) is 5.56 Å². The van der Waals surface area contributed by atoms with Crippen LogP contribution in [0.4, 0.5) is 5.82 Å². The van der Waals surface area contributed by atoms with Crippen LogP contribution < -0.4 is 16.6 Å². The highest BCUT2D eigenvalue weighted by Crippen LogP contribution is 2.34. The van der Waals surface area contributed by atoms with Gasteiger partial charge in [0.15, 0.2) is 0 Å². The number of nitrogens with zero attached hydrogens (tertiary/aromatic N) is 2. The molecule has 22 heavy (non-hydrogen) atoms. The standard InChI is InChI=1S/C15H15N3O4/c1-17-13-12(14(21)18(2)15(17)22)10(7-11(20)16-13)8-4-3-5-9(19)6-8/h3-6,10,19H,7H2,1-2H3,(H,16,20)/t10-/m1/s1. The topological polar surface area (TPSA) is 93.3 Å². The summed E-state index contributed by atoms with van der Waals surface area (Å²) in [4.78, 5) is 36.5. The van der Waals surface area contributed by atoms with Gasteiger partial charge in [0.05, 0.1) is 5.56 Å². The lowest BCUT2D eigenvalue weighted by atomic mass is 9.86. The highest BCUT2D eigenvalue weighted by atomic mass is 16.3. The number of hydrogen-bond acceptors (Lipinski definition) is 4. The van der Waals surface area contributed by atoms with Crippen LogP contribution in [0.15, 0.2) is 33.9 Å². The lowest BCUT2D eigenvalue weighted by Crippen LogP contribution is -2.44. The molecular weight excluding hydrogens is 286 g/mol. The molecule has 114 valence electrons. The van der Waals surface area contributed by atoms with Gasteiger partial charge in [0.2, 0.25) is 5.91 Å². The molecule has 1 aliphatic heterocycles. The van der Waals surface area contributed by atoms with Crippen LogP contribution in [0, 0.1) is 0 Å². The fourth-order valence-electron chi connectivity index (χ4n) is 2.83. The van der Waals surface area contributed by atoms with Gasteiger partial charge in [-0.2, -0.15) is 0 Å². The number of fused-ring (bicyclic) bond motifs is 1. The Labute approximate surface area is 125 Å². The summed E-state index contributed by atoms with van der Waals surface area (Å²) in [5.41, 5.74) is 0.0775. The SMILES string of the molecule is Cn1c2c(c(=O)n(C)c1=O)[C@@H](c1cccc(O)c1)CC(=O)N2. The zero-order valence-corrected chi connectivity index (χ0v) is 12.2. The number of nitrogens with one attached hydrogen (secondary N) is 1. The highest BCUT2D eigenvalue weighted by molar-refractivity contribution is 5.94. The first-order valence-electron chi connectivity index (χ1n) is 6.79. The summed E-state index contributed by atoms with van der Waals surface area (Å²) in [5, 5.41) is 12.2. The molecule has 0 fully saturated rings. The Hall–Kier alpha value is -2.83. The van der Waals surface area contributed by atoms with E-state index in [0.717, 1.165) is 4.57 Å². The number of rotatable bonds is 1. The maximum Gasteiger partial charge on any atom is 0.332 e. The Morgan fingerprint density at radius 3 is 2.59 bits per heavy atom. The predicted octanol–water partition coefficient (Wildman–Crippen LogP) is 0.264. The quantitative estimate of drug-likeness (QED) is 0.790. The Morgan fingerprint density at radius 2 is 1.91 bits per heavy atom. The number of aromatic nitrogens is 2. The normalized spacial score (nSPS) is 17.0. The van der Waals surface area contributed by atoms with Gasteiger partial charge in [-0.1, -0.05) is 12.1 Å². The Kier molecular flexibility index (Phi) is 3.13. The van der Waals surface area contributed by atoms with Gasteiger partial charge in [-0.25, -0.2) is 4.79 Å². The minimum absolute atomic E-state index is 0.0617. The molecule has 1 aromatic carbocycles. The van der Waals surface area contributed by atoms with Crippen LogP contribution in [-0.2, 0) is 18.9 Å². The fraction of sp³-hybridized carbons (Fsp3) is 0.267. The molecule has 0 radical (unpaired) electrons. The van der Waals surface area contributed by atoms with Gasteiger partial charge in [-0.3, -0.25) is 18.7 Å². The van der Waals surface area contributed by atoms with Crippen LogP contribution in [0.2, 0.25) is 0 Å². The number of carbonyl (C=O) groups is 1. The van der Waals surface area contributed by atoms with Crippen LogP contribution in [0.5, 0.6) is 5.75 Å². The summed E-state index contributed by atoms with van der Waals surface area (Å²) in [5.74, 6) is -0.491. The number of aromatic hydroxyl groups is 1. The van der Waals surface area contributed by atoms with Gasteiger partial charge in [-0.05, 0) is 17.7 Å². The molecule has 0 saturated carbocycles. The average molecular weight is 301 g/mol. The molecule has 3 rings (SSSR count). The van der Waals surface area contributed by atoms with Crippen LogP contribution >= 0.6 is 0 Å². The number of benzene rings is 1. The number of hydrogen-bond donors (Lipinski definition) is 2. The lowest BCUT2D eigenvalue weighted by Gasteiger charge is -2.27. The van der Waals surface area contributed by atoms with Crippen molar-refractivity contribution in [3.05, 3.63) is 56.2 Å². The highest BCUT2D eigenvalue weighted by Gasteiger charge is 2.32. The number of phenolic OH excluding ortho intramolecular Hbond substituents is 1. The molecule has 0 unspecified atom stereocenters. The van der Waals surface area contributed by atoms with Gasteiger partial charge >= 0.3 is 5.69 Å². The van der Waals surface area contributed by atoms with Crippen molar-refractivity contribution in [1.29, 1.82) is 0 Å². The predicted molar refractivity (Wildman–Crippen MR) is 80.1 cm³/mol. The number of phenols is 1. The van der Waals surface area contributed by atoms with E-state index in [4.69, 9.17) is 0 Å². The van der Waals surface area contributed by atoms with Crippen LogP contribution in [-0.4, -0.2) is 20.1 Å². The fourth-order valence-corrected chi connectivity index (χ4v) is 2.83. The molecule has 2 aromatic rings. The molecule has 1 atom stereocenters. The lowest BCUT2D eigenvalue weighted by molar-refractivity contribution is -0.116. The van der Waals surface area contributed by atoms with Crippen LogP contribution in [0.3, 0.4) is 0 Å². The third-order valence-corrected chi connectivity index (χ3v) is 3.97. The summed E-state index contributed by atoms with van der Waals surface area (Å²) in [6, 6.07) is 6.45. The van der Waals surface area contributed by atoms with E-state index in [1.165, 1.54) is 30.8 Å². The van der Waals surface area contributed by atoms with E-state index in [9.17, 15) is 19.5 Å². The van der Waals surface area contributed by atoms with E-state index in [-0.39, 0.29) is 23.9 Å². The Bertz CT molecular complexity index is 895. The van der Waals surface area contributed by atoms with Crippen molar-refractivity contribution < 1.29 is 9.90 Å². The minimum atomic E-state index is -0.499. The first-order chi connectivity index (χ1) is 10.4. The zero-order valence-electron chi connectivity index (χ0n) is 12.2. The van der Waals surface area contributed by atoms with E-state index in [2.05, 4.69) is 5.32 Å². The van der Waals surface area contributed by atoms with Crippen molar-refractivity contribution in [2.24, 2.45) is 14.1 Å². The van der Waals surface area contributed by atoms with E-state index in [1.54, 1.807) is 12.1 Å². The molecule has 1 aliphatic rings. The van der Waals surface area contributed by atoms with Crippen LogP contribution in [0.1, 0.15) is 23.5 Å². The van der Waals surface area contributed by atoms with Crippen LogP contribution in [0.25, 0.3) is 0 Å². The largest absolute Gasteiger partial charge is 0.508 e. The maximum atomic E-state index is 12.5. The molecule has 0 spiro atoms. The molecule has 1 aromatic heterocycles. The Morgan fingerprint density at radius 1 is 1.18 bits per heavy atom. The van der Waals surface area contributed by atoms with Crippen molar-refractivity contribution in [1.82, 2.24) is 9.13 Å². The van der Waals surface area contributed by atoms with E-state index in [1.807, 2.05) is 0 Å². The Balaban J connectivity index is 2.33. The second-order valence-electron chi connectivity index (χ2n) is 5.37. The summed E-state index contributed by atoms with van der Waals surface area (Å²) in [6.45, 7) is 0. The molecule has 0 aliphatic carbocycles. The molecule has 0 bridgehead atoms. The van der Waals surface area contributed by atoms with Gasteiger partial charge < -0.3 is 10.4 Å². The molecule has 7 nitrogen and oxygen atoms in total. The van der Waals surface area contributed by atoms with Gasteiger partial charge in [-0.15, -0.1) is 0 Å². The number of anilines is 1. The van der Waals surface area contributed by atoms with Crippen molar-refractivity contribution in [2.75, 3.05) is 5.32 Å². The maximum absolute atomic E-state index is 12.5. The van der Waals surface area contributed by atoms with Gasteiger partial charge in [0.1, 0.15) is 11.6 Å². The van der Waals surface area contributed by atoms with Crippen molar-refractivity contribution >= 4 is 11.7 Å². The smallest absolute Gasteiger partial charge is 0.332 e. The van der Waals surface area contributed by atoms with Crippen molar-refractivity contribution in [3.8, 4) is 5.75 Å². The van der Waals surface area contributed by atoms with E-state index < -0.39 is 17.2 Å². The number of carbonyl (C=O) groups excluding carboxylic acids is 1. The first-order valence-corrected chi connectivity index (χ1v) is 6.79. The molecule has 2 N–H and O–H groups in total. The molecule has 1 amide bonds. The third-order valence-electron chi connectivity index (χ3n) is 3.97.